The maximum Gasteiger partial charge on any atom is 0.162 e. The molecule has 0 aromatic carbocycles. The van der Waals surface area contributed by atoms with E-state index >= 15 is 0 Å². The van der Waals surface area contributed by atoms with Crippen molar-refractivity contribution in [2.75, 3.05) is 12.0 Å². The fourth-order valence-electron chi connectivity index (χ4n) is 1.52. The van der Waals surface area contributed by atoms with Crippen LogP contribution < -0.4 is 11.3 Å². The van der Waals surface area contributed by atoms with Crippen molar-refractivity contribution in [3.8, 4) is 0 Å². The summed E-state index contributed by atoms with van der Waals surface area (Å²) in [5.41, 5.74) is 2.96. The van der Waals surface area contributed by atoms with Crippen molar-refractivity contribution in [3.63, 3.8) is 0 Å². The molecular weight excluding hydrogens is 204 g/mol. The first-order valence-corrected chi connectivity index (χ1v) is 5.52. The number of nitrogens with one attached hydrogen (secondary N) is 1. The van der Waals surface area contributed by atoms with Gasteiger partial charge in [0.1, 0.15) is 11.4 Å². The molecule has 0 aliphatic heterocycles. The molecule has 1 aromatic heterocycles. The zero-order chi connectivity index (χ0) is 12.2. The van der Waals surface area contributed by atoms with E-state index in [1.54, 1.807) is 6.07 Å². The standard InChI is InChI=1S/C11H20N4O/c1-5-11(4,16-6-2)10-13-8(3)7-9(14-10)15-12/h7H,5-6,12H2,1-4H3,(H,13,14,15). The van der Waals surface area contributed by atoms with Gasteiger partial charge in [0.05, 0.1) is 0 Å². The summed E-state index contributed by atoms with van der Waals surface area (Å²) >= 11 is 0. The van der Waals surface area contributed by atoms with Crippen LogP contribution >= 0.6 is 0 Å². The molecule has 0 saturated carbocycles. The van der Waals surface area contributed by atoms with Gasteiger partial charge in [-0.3, -0.25) is 0 Å². The third kappa shape index (κ3) is 2.68. The third-order valence-electron chi connectivity index (χ3n) is 2.61. The molecule has 0 spiro atoms. The molecule has 3 N–H and O–H groups in total. The Morgan fingerprint density at radius 3 is 2.62 bits per heavy atom. The van der Waals surface area contributed by atoms with Crippen molar-refractivity contribution in [1.29, 1.82) is 0 Å². The third-order valence-corrected chi connectivity index (χ3v) is 2.61. The van der Waals surface area contributed by atoms with Gasteiger partial charge in [-0.2, -0.15) is 0 Å². The quantitative estimate of drug-likeness (QED) is 0.588. The van der Waals surface area contributed by atoms with Gasteiger partial charge in [-0.15, -0.1) is 0 Å². The highest BCUT2D eigenvalue weighted by Crippen LogP contribution is 2.26. The van der Waals surface area contributed by atoms with Crippen LogP contribution in [0.15, 0.2) is 6.07 Å². The van der Waals surface area contributed by atoms with Gasteiger partial charge in [-0.25, -0.2) is 15.8 Å². The summed E-state index contributed by atoms with van der Waals surface area (Å²) in [5, 5.41) is 0. The van der Waals surface area contributed by atoms with Crippen LogP contribution in [0.2, 0.25) is 0 Å². The number of aromatic nitrogens is 2. The van der Waals surface area contributed by atoms with Crippen LogP contribution in [0.1, 0.15) is 38.7 Å². The normalized spacial score (nSPS) is 14.6. The molecule has 0 saturated heterocycles. The predicted molar refractivity (Wildman–Crippen MR) is 63.8 cm³/mol. The number of nitrogens with two attached hydrogens (primary N) is 1. The minimum Gasteiger partial charge on any atom is -0.368 e. The summed E-state index contributed by atoms with van der Waals surface area (Å²) in [4.78, 5) is 8.75. The number of aryl methyl sites for hydroxylation is 1. The Labute approximate surface area is 96.4 Å². The Kier molecular flexibility index (Phi) is 4.20. The van der Waals surface area contributed by atoms with E-state index in [9.17, 15) is 0 Å². The molecule has 0 aliphatic carbocycles. The highest BCUT2D eigenvalue weighted by atomic mass is 16.5. The van der Waals surface area contributed by atoms with Crippen LogP contribution in [0.4, 0.5) is 5.82 Å². The molecule has 0 amide bonds. The highest BCUT2D eigenvalue weighted by Gasteiger charge is 2.28. The summed E-state index contributed by atoms with van der Waals surface area (Å²) in [6.45, 7) is 8.55. The molecule has 16 heavy (non-hydrogen) atoms. The second-order valence-electron chi connectivity index (χ2n) is 3.88. The average Bonchev–Trinajstić information content (AvgIpc) is 2.28. The van der Waals surface area contributed by atoms with Gasteiger partial charge in [0.25, 0.3) is 0 Å². The SMILES string of the molecule is CCOC(C)(CC)c1nc(C)cc(NN)n1. The topological polar surface area (TPSA) is 73.1 Å². The van der Waals surface area contributed by atoms with E-state index in [4.69, 9.17) is 10.6 Å². The first kappa shape index (κ1) is 12.9. The van der Waals surface area contributed by atoms with Gasteiger partial charge >= 0.3 is 0 Å². The fourth-order valence-corrected chi connectivity index (χ4v) is 1.52. The summed E-state index contributed by atoms with van der Waals surface area (Å²) < 4.78 is 5.73. The fraction of sp³-hybridized carbons (Fsp3) is 0.636. The molecule has 90 valence electrons. The van der Waals surface area contributed by atoms with E-state index in [0.717, 1.165) is 12.1 Å². The predicted octanol–water partition coefficient (Wildman–Crippen LogP) is 1.73. The zero-order valence-corrected chi connectivity index (χ0v) is 10.4. The Hall–Kier alpha value is -1.20. The largest absolute Gasteiger partial charge is 0.368 e. The smallest absolute Gasteiger partial charge is 0.162 e. The van der Waals surface area contributed by atoms with Crippen LogP contribution in [0.25, 0.3) is 0 Å². The van der Waals surface area contributed by atoms with E-state index in [-0.39, 0.29) is 0 Å². The van der Waals surface area contributed by atoms with Crippen LogP contribution in [0.3, 0.4) is 0 Å². The van der Waals surface area contributed by atoms with Crippen molar-refractivity contribution in [2.24, 2.45) is 5.84 Å². The molecular formula is C11H20N4O. The number of rotatable bonds is 5. The average molecular weight is 224 g/mol. The minimum atomic E-state index is -0.452. The molecule has 1 unspecified atom stereocenters. The maximum absolute atomic E-state index is 5.73. The Bertz CT molecular complexity index is 356. The molecule has 1 aromatic rings. The van der Waals surface area contributed by atoms with E-state index in [2.05, 4.69) is 22.3 Å². The van der Waals surface area contributed by atoms with Crippen molar-refractivity contribution in [3.05, 3.63) is 17.6 Å². The number of nitrogens with zero attached hydrogens (tertiary/aromatic N) is 2. The number of anilines is 1. The van der Waals surface area contributed by atoms with Crippen LogP contribution in [-0.4, -0.2) is 16.6 Å². The summed E-state index contributed by atoms with van der Waals surface area (Å²) in [6, 6.07) is 1.80. The van der Waals surface area contributed by atoms with E-state index < -0.39 is 5.60 Å². The Morgan fingerprint density at radius 2 is 2.12 bits per heavy atom. The molecule has 1 atom stereocenters. The lowest BCUT2D eigenvalue weighted by atomic mass is 10.0. The van der Waals surface area contributed by atoms with Crippen molar-refractivity contribution in [1.82, 2.24) is 9.97 Å². The van der Waals surface area contributed by atoms with Gasteiger partial charge in [-0.05, 0) is 27.2 Å². The van der Waals surface area contributed by atoms with Gasteiger partial charge in [0.2, 0.25) is 0 Å². The number of ether oxygens (including phenoxy) is 1. The summed E-state index contributed by atoms with van der Waals surface area (Å²) in [5.74, 6) is 6.65. The number of hydrogen-bond acceptors (Lipinski definition) is 5. The molecule has 1 rings (SSSR count). The van der Waals surface area contributed by atoms with Gasteiger partial charge in [0, 0.05) is 18.4 Å². The zero-order valence-electron chi connectivity index (χ0n) is 10.4. The van der Waals surface area contributed by atoms with Crippen LogP contribution in [0.5, 0.6) is 0 Å². The number of hydrogen-bond donors (Lipinski definition) is 2. The van der Waals surface area contributed by atoms with Crippen molar-refractivity contribution in [2.45, 2.75) is 39.7 Å². The molecule has 0 bridgehead atoms. The Balaban J connectivity index is 3.13. The highest BCUT2D eigenvalue weighted by molar-refractivity contribution is 5.34. The molecule has 0 radical (unpaired) electrons. The number of nitrogen functional groups attached to an aromatic ring is 1. The van der Waals surface area contributed by atoms with Crippen molar-refractivity contribution >= 4 is 5.82 Å². The minimum absolute atomic E-state index is 0.452. The Morgan fingerprint density at radius 1 is 1.44 bits per heavy atom. The first-order chi connectivity index (χ1) is 7.55. The summed E-state index contributed by atoms with van der Waals surface area (Å²) in [6.07, 6.45) is 0.814. The monoisotopic (exact) mass is 224 g/mol. The van der Waals surface area contributed by atoms with Crippen LogP contribution in [-0.2, 0) is 10.3 Å². The van der Waals surface area contributed by atoms with Gasteiger partial charge in [0.15, 0.2) is 5.82 Å². The van der Waals surface area contributed by atoms with E-state index in [1.807, 2.05) is 20.8 Å². The second kappa shape index (κ2) is 5.23. The molecule has 5 heteroatoms. The first-order valence-electron chi connectivity index (χ1n) is 5.52. The van der Waals surface area contributed by atoms with Gasteiger partial charge in [-0.1, -0.05) is 6.92 Å². The maximum atomic E-state index is 5.73. The molecule has 0 aliphatic rings. The van der Waals surface area contributed by atoms with Crippen LogP contribution in [0, 0.1) is 6.92 Å². The van der Waals surface area contributed by atoms with Crippen molar-refractivity contribution < 1.29 is 4.74 Å². The van der Waals surface area contributed by atoms with Gasteiger partial charge < -0.3 is 10.2 Å². The second-order valence-corrected chi connectivity index (χ2v) is 3.88. The lowest BCUT2D eigenvalue weighted by molar-refractivity contribution is -0.0390. The van der Waals surface area contributed by atoms with E-state index in [0.29, 0.717) is 18.2 Å². The number of hydrazine groups is 1. The molecule has 5 nitrogen and oxygen atoms in total. The summed E-state index contributed by atoms with van der Waals surface area (Å²) in [7, 11) is 0. The lowest BCUT2D eigenvalue weighted by Crippen LogP contribution is -2.28. The molecule has 0 fully saturated rings. The van der Waals surface area contributed by atoms with E-state index in [1.165, 1.54) is 0 Å². The molecule has 1 heterocycles. The lowest BCUT2D eigenvalue weighted by Gasteiger charge is -2.27.